The Morgan fingerprint density at radius 3 is 2.68 bits per heavy atom. The van der Waals surface area contributed by atoms with E-state index in [2.05, 4.69) is 26.6 Å². The standard InChI is InChI=1S/C15H19BrN2O4/c16-10-3-1-2-9(6-10)4-5-13(20)17-7-11-14(21)15(22)12(8-19)18-11/h1-6,11-12,14-15,18-19,21-22H,7-8H2,(H,17,20)/b5-4+/t11-,12-,14-,15-/m1/s1. The molecule has 0 aromatic heterocycles. The highest BCUT2D eigenvalue weighted by Gasteiger charge is 2.40. The average Bonchev–Trinajstić information content (AvgIpc) is 2.78. The summed E-state index contributed by atoms with van der Waals surface area (Å²) in [5, 5.41) is 34.1. The van der Waals surface area contributed by atoms with Crippen LogP contribution in [0.5, 0.6) is 0 Å². The predicted molar refractivity (Wildman–Crippen MR) is 86.0 cm³/mol. The van der Waals surface area contributed by atoms with E-state index in [4.69, 9.17) is 5.11 Å². The van der Waals surface area contributed by atoms with Crippen molar-refractivity contribution in [3.05, 3.63) is 40.4 Å². The van der Waals surface area contributed by atoms with Crippen molar-refractivity contribution in [1.82, 2.24) is 10.6 Å². The molecule has 7 heteroatoms. The summed E-state index contributed by atoms with van der Waals surface area (Å²) in [6, 6.07) is 6.46. The lowest BCUT2D eigenvalue weighted by atomic mass is 10.1. The van der Waals surface area contributed by atoms with E-state index in [0.29, 0.717) is 0 Å². The minimum absolute atomic E-state index is 0.163. The SMILES string of the molecule is O=C(/C=C/c1cccc(Br)c1)NC[C@H]1N[C@H](CO)[C@@H](O)[C@@H]1O. The summed E-state index contributed by atoms with van der Waals surface area (Å²) in [7, 11) is 0. The van der Waals surface area contributed by atoms with Crippen molar-refractivity contribution in [3.8, 4) is 0 Å². The van der Waals surface area contributed by atoms with Gasteiger partial charge in [0.25, 0.3) is 0 Å². The Hall–Kier alpha value is -1.25. The summed E-state index contributed by atoms with van der Waals surface area (Å²) < 4.78 is 0.928. The number of nitrogens with one attached hydrogen (secondary N) is 2. The van der Waals surface area contributed by atoms with Gasteiger partial charge >= 0.3 is 0 Å². The Bertz CT molecular complexity index is 552. The Morgan fingerprint density at radius 2 is 2.05 bits per heavy atom. The Labute approximate surface area is 137 Å². The zero-order chi connectivity index (χ0) is 16.1. The lowest BCUT2D eigenvalue weighted by molar-refractivity contribution is -0.116. The number of halogens is 1. The molecule has 0 spiro atoms. The summed E-state index contributed by atoms with van der Waals surface area (Å²) in [6.07, 6.45) is 1.03. The predicted octanol–water partition coefficient (Wildman–Crippen LogP) is -0.367. The second kappa shape index (κ2) is 7.85. The van der Waals surface area contributed by atoms with E-state index < -0.39 is 24.3 Å². The summed E-state index contributed by atoms with van der Waals surface area (Å²) in [5.74, 6) is -0.295. The largest absolute Gasteiger partial charge is 0.395 e. The third-order valence-corrected chi connectivity index (χ3v) is 4.06. The van der Waals surface area contributed by atoms with Gasteiger partial charge in [-0.3, -0.25) is 4.79 Å². The van der Waals surface area contributed by atoms with Crippen molar-refractivity contribution in [1.29, 1.82) is 0 Å². The molecule has 1 aliphatic rings. The topological polar surface area (TPSA) is 102 Å². The molecule has 120 valence electrons. The molecular weight excluding hydrogens is 352 g/mol. The Kier molecular flexibility index (Phi) is 6.10. The van der Waals surface area contributed by atoms with E-state index in [-0.39, 0.29) is 19.1 Å². The quantitative estimate of drug-likeness (QED) is 0.455. The number of rotatable bonds is 5. The fourth-order valence-electron chi connectivity index (χ4n) is 2.34. The molecule has 0 unspecified atom stereocenters. The van der Waals surface area contributed by atoms with Crippen LogP contribution in [0.2, 0.25) is 0 Å². The van der Waals surface area contributed by atoms with Gasteiger partial charge in [0.1, 0.15) is 0 Å². The molecule has 0 saturated carbocycles. The molecule has 6 nitrogen and oxygen atoms in total. The molecule has 5 N–H and O–H groups in total. The van der Waals surface area contributed by atoms with Crippen LogP contribution < -0.4 is 10.6 Å². The first kappa shape index (κ1) is 17.1. The number of amides is 1. The lowest BCUT2D eigenvalue weighted by Gasteiger charge is -2.15. The molecule has 0 radical (unpaired) electrons. The van der Waals surface area contributed by atoms with Gasteiger partial charge in [-0.1, -0.05) is 28.1 Å². The van der Waals surface area contributed by atoms with Crippen LogP contribution in [-0.4, -0.2) is 58.7 Å². The normalized spacial score (nSPS) is 28.2. The fraction of sp³-hybridized carbons (Fsp3) is 0.400. The van der Waals surface area contributed by atoms with Gasteiger partial charge < -0.3 is 26.0 Å². The van der Waals surface area contributed by atoms with Crippen molar-refractivity contribution in [2.45, 2.75) is 24.3 Å². The maximum Gasteiger partial charge on any atom is 0.244 e. The van der Waals surface area contributed by atoms with Crippen molar-refractivity contribution >= 4 is 27.9 Å². The number of aliphatic hydroxyl groups excluding tert-OH is 3. The van der Waals surface area contributed by atoms with Crippen LogP contribution in [0.1, 0.15) is 5.56 Å². The minimum Gasteiger partial charge on any atom is -0.395 e. The number of benzene rings is 1. The van der Waals surface area contributed by atoms with Crippen LogP contribution in [0, 0.1) is 0 Å². The third kappa shape index (κ3) is 4.37. The van der Waals surface area contributed by atoms with E-state index in [1.807, 2.05) is 24.3 Å². The second-order valence-corrected chi connectivity index (χ2v) is 6.09. The molecule has 1 aliphatic heterocycles. The van der Waals surface area contributed by atoms with E-state index in [9.17, 15) is 15.0 Å². The number of hydrogen-bond acceptors (Lipinski definition) is 5. The zero-order valence-electron chi connectivity index (χ0n) is 11.8. The maximum absolute atomic E-state index is 11.8. The average molecular weight is 371 g/mol. The monoisotopic (exact) mass is 370 g/mol. The van der Waals surface area contributed by atoms with Gasteiger partial charge in [0.15, 0.2) is 0 Å². The second-order valence-electron chi connectivity index (χ2n) is 5.18. The van der Waals surface area contributed by atoms with Gasteiger partial charge in [-0.05, 0) is 23.8 Å². The van der Waals surface area contributed by atoms with Gasteiger partial charge in [-0.25, -0.2) is 0 Å². The maximum atomic E-state index is 11.8. The smallest absolute Gasteiger partial charge is 0.244 e. The summed E-state index contributed by atoms with van der Waals surface area (Å²) in [6.45, 7) is -0.109. The summed E-state index contributed by atoms with van der Waals surface area (Å²) in [5.41, 5.74) is 0.888. The zero-order valence-corrected chi connectivity index (χ0v) is 13.4. The number of hydrogen-bond donors (Lipinski definition) is 5. The first-order valence-electron chi connectivity index (χ1n) is 6.96. The van der Waals surface area contributed by atoms with Crippen molar-refractivity contribution in [2.24, 2.45) is 0 Å². The van der Waals surface area contributed by atoms with Crippen LogP contribution in [0.4, 0.5) is 0 Å². The molecule has 1 amide bonds. The van der Waals surface area contributed by atoms with Crippen molar-refractivity contribution < 1.29 is 20.1 Å². The molecule has 1 heterocycles. The molecule has 4 atom stereocenters. The van der Waals surface area contributed by atoms with E-state index in [0.717, 1.165) is 10.0 Å². The van der Waals surface area contributed by atoms with Gasteiger partial charge in [0.2, 0.25) is 5.91 Å². The number of aliphatic hydroxyl groups is 3. The highest BCUT2D eigenvalue weighted by Crippen LogP contribution is 2.14. The molecule has 1 aromatic carbocycles. The minimum atomic E-state index is -1.04. The van der Waals surface area contributed by atoms with Crippen LogP contribution >= 0.6 is 15.9 Å². The van der Waals surface area contributed by atoms with Gasteiger partial charge in [-0.15, -0.1) is 0 Å². The molecular formula is C15H19BrN2O4. The first-order valence-corrected chi connectivity index (χ1v) is 7.75. The molecule has 2 rings (SSSR count). The molecule has 1 fully saturated rings. The molecule has 1 aromatic rings. The van der Waals surface area contributed by atoms with E-state index in [1.165, 1.54) is 6.08 Å². The highest BCUT2D eigenvalue weighted by atomic mass is 79.9. The van der Waals surface area contributed by atoms with Crippen molar-refractivity contribution in [3.63, 3.8) is 0 Å². The number of carbonyl (C=O) groups is 1. The Morgan fingerprint density at radius 1 is 1.32 bits per heavy atom. The van der Waals surface area contributed by atoms with Gasteiger partial charge in [-0.2, -0.15) is 0 Å². The third-order valence-electron chi connectivity index (χ3n) is 3.57. The van der Waals surface area contributed by atoms with Crippen LogP contribution in [0.25, 0.3) is 6.08 Å². The van der Waals surface area contributed by atoms with E-state index >= 15 is 0 Å². The van der Waals surface area contributed by atoms with Gasteiger partial charge in [0.05, 0.1) is 30.9 Å². The van der Waals surface area contributed by atoms with Gasteiger partial charge in [0, 0.05) is 17.1 Å². The molecule has 22 heavy (non-hydrogen) atoms. The Balaban J connectivity index is 1.83. The van der Waals surface area contributed by atoms with Crippen LogP contribution in [0.15, 0.2) is 34.8 Å². The number of carbonyl (C=O) groups excluding carboxylic acids is 1. The lowest BCUT2D eigenvalue weighted by Crippen LogP contribution is -2.43. The molecule has 1 saturated heterocycles. The first-order chi connectivity index (χ1) is 10.5. The van der Waals surface area contributed by atoms with Crippen LogP contribution in [0.3, 0.4) is 0 Å². The van der Waals surface area contributed by atoms with Crippen LogP contribution in [-0.2, 0) is 4.79 Å². The van der Waals surface area contributed by atoms with Crippen molar-refractivity contribution in [2.75, 3.05) is 13.2 Å². The van der Waals surface area contributed by atoms with E-state index in [1.54, 1.807) is 6.08 Å². The summed E-state index contributed by atoms with van der Waals surface area (Å²) in [4.78, 5) is 11.8. The fourth-order valence-corrected chi connectivity index (χ4v) is 2.76. The highest BCUT2D eigenvalue weighted by molar-refractivity contribution is 9.10. The summed E-state index contributed by atoms with van der Waals surface area (Å²) >= 11 is 3.35. The molecule has 0 bridgehead atoms. The molecule has 0 aliphatic carbocycles.